The normalized spacial score (nSPS) is 13.7. The number of benzene rings is 3. The van der Waals surface area contributed by atoms with E-state index in [0.717, 1.165) is 24.1 Å². The fraction of sp³-hybridized carbons (Fsp3) is 0.219. The Hall–Kier alpha value is -4.13. The molecule has 6 rings (SSSR count). The molecule has 0 aliphatic heterocycles. The Balaban J connectivity index is 1.53. The number of esters is 1. The third-order valence-electron chi connectivity index (χ3n) is 7.36. The molecule has 1 saturated carbocycles. The lowest BCUT2D eigenvalue weighted by Crippen LogP contribution is -2.08. The van der Waals surface area contributed by atoms with Gasteiger partial charge in [0.15, 0.2) is 5.69 Å². The molecule has 1 unspecified atom stereocenters. The molecule has 3 aromatic carbocycles. The van der Waals surface area contributed by atoms with Crippen molar-refractivity contribution in [3.05, 3.63) is 106 Å². The van der Waals surface area contributed by atoms with E-state index in [0.29, 0.717) is 39.9 Å². The summed E-state index contributed by atoms with van der Waals surface area (Å²) in [5.74, 6) is -2.09. The average molecular weight is 637 g/mol. The van der Waals surface area contributed by atoms with Gasteiger partial charge in [-0.05, 0) is 96.8 Å². The number of carbonyl (C=O) groups is 1. The summed E-state index contributed by atoms with van der Waals surface area (Å²) >= 11 is -1.52. The van der Waals surface area contributed by atoms with Gasteiger partial charge in [0.2, 0.25) is 5.13 Å². The number of thiazole rings is 1. The molecule has 1 aliphatic carbocycles. The Kier molecular flexibility index (Phi) is 8.48. The van der Waals surface area contributed by atoms with Crippen molar-refractivity contribution in [2.24, 2.45) is 5.92 Å². The van der Waals surface area contributed by atoms with Crippen molar-refractivity contribution in [1.82, 2.24) is 14.8 Å². The first-order valence-electron chi connectivity index (χ1n) is 13.9. The van der Waals surface area contributed by atoms with Crippen molar-refractivity contribution in [2.75, 3.05) is 6.61 Å². The molecule has 12 heteroatoms. The number of hydrogen-bond acceptors (Lipinski definition) is 7. The van der Waals surface area contributed by atoms with Crippen LogP contribution in [0.1, 0.15) is 47.1 Å². The summed E-state index contributed by atoms with van der Waals surface area (Å²) in [7, 11) is 0. The molecular weight excluding hydrogens is 611 g/mol. The Morgan fingerprint density at radius 1 is 1.07 bits per heavy atom. The van der Waals surface area contributed by atoms with Gasteiger partial charge in [0.05, 0.1) is 22.9 Å². The van der Waals surface area contributed by atoms with Crippen LogP contribution in [0.4, 0.5) is 13.2 Å². The fourth-order valence-corrected chi connectivity index (χ4v) is 6.24. The predicted octanol–water partition coefficient (Wildman–Crippen LogP) is 7.04. The van der Waals surface area contributed by atoms with E-state index in [4.69, 9.17) is 9.84 Å². The molecule has 44 heavy (non-hydrogen) atoms. The molecule has 0 saturated heterocycles. The van der Waals surface area contributed by atoms with E-state index in [9.17, 15) is 22.3 Å². The molecular formula is C32H25F3N3O4S2-. The minimum absolute atomic E-state index is 0.140. The van der Waals surface area contributed by atoms with Crippen LogP contribution in [0.15, 0.2) is 70.9 Å². The molecule has 0 amide bonds. The smallest absolute Gasteiger partial charge is 0.357 e. The van der Waals surface area contributed by atoms with Crippen LogP contribution in [0.25, 0.3) is 27.5 Å². The van der Waals surface area contributed by atoms with E-state index in [1.54, 1.807) is 41.3 Å². The maximum absolute atomic E-state index is 15.1. The monoisotopic (exact) mass is 636 g/mol. The Morgan fingerprint density at radius 3 is 2.59 bits per heavy atom. The molecule has 1 atom stereocenters. The van der Waals surface area contributed by atoms with Crippen molar-refractivity contribution >= 4 is 28.4 Å². The molecule has 0 bridgehead atoms. The van der Waals surface area contributed by atoms with Crippen LogP contribution in [0.5, 0.6) is 0 Å². The highest BCUT2D eigenvalue weighted by molar-refractivity contribution is 7.79. The van der Waals surface area contributed by atoms with E-state index in [-0.39, 0.29) is 24.3 Å². The number of ether oxygens (including phenoxy) is 1. The second-order valence-electron chi connectivity index (χ2n) is 10.5. The first-order valence-corrected chi connectivity index (χ1v) is 15.8. The molecule has 2 aromatic heterocycles. The average Bonchev–Trinajstić information content (AvgIpc) is 3.56. The lowest BCUT2D eigenvalue weighted by molar-refractivity contribution is 0.0520. The van der Waals surface area contributed by atoms with E-state index < -0.39 is 39.4 Å². The standard InChI is InChI=1S/C32H26F3N3O4S2/c1-2-42-31(39)27-17-43-32(36-27)38-28(14-18-6-7-18)24(12-19-8-11-29(44(40)41)26(35)13-19)30(37-38)21-9-10-25(34)23(16-21)20-4-3-5-22(33)15-20/h3-5,8-11,13,15-18H,2,6-7,12,14H2,1H3,(H,40,41)/p-1. The second-order valence-corrected chi connectivity index (χ2v) is 12.2. The first-order chi connectivity index (χ1) is 21.2. The largest absolute Gasteiger partial charge is 0.768 e. The maximum atomic E-state index is 15.1. The summed E-state index contributed by atoms with van der Waals surface area (Å²) in [6, 6.07) is 14.0. The quantitative estimate of drug-likeness (QED) is 0.121. The Morgan fingerprint density at radius 2 is 1.89 bits per heavy atom. The van der Waals surface area contributed by atoms with Crippen LogP contribution in [-0.4, -0.2) is 36.1 Å². The van der Waals surface area contributed by atoms with Gasteiger partial charge in [0, 0.05) is 28.5 Å². The van der Waals surface area contributed by atoms with Crippen LogP contribution < -0.4 is 0 Å². The van der Waals surface area contributed by atoms with Crippen LogP contribution in [0.2, 0.25) is 0 Å². The van der Waals surface area contributed by atoms with E-state index in [1.165, 1.54) is 47.7 Å². The molecule has 0 N–H and O–H groups in total. The minimum atomic E-state index is -2.73. The van der Waals surface area contributed by atoms with Crippen molar-refractivity contribution in [1.29, 1.82) is 0 Å². The van der Waals surface area contributed by atoms with Crippen molar-refractivity contribution in [3.8, 4) is 27.5 Å². The number of hydrogen-bond donors (Lipinski definition) is 0. The Bertz CT molecular complexity index is 1900. The van der Waals surface area contributed by atoms with Crippen molar-refractivity contribution in [3.63, 3.8) is 0 Å². The van der Waals surface area contributed by atoms with Gasteiger partial charge in [-0.1, -0.05) is 18.2 Å². The highest BCUT2D eigenvalue weighted by Crippen LogP contribution is 2.39. The maximum Gasteiger partial charge on any atom is 0.357 e. The van der Waals surface area contributed by atoms with Gasteiger partial charge >= 0.3 is 5.97 Å². The Labute approximate surface area is 257 Å². The van der Waals surface area contributed by atoms with E-state index in [1.807, 2.05) is 0 Å². The van der Waals surface area contributed by atoms with Gasteiger partial charge < -0.3 is 9.29 Å². The molecule has 0 radical (unpaired) electrons. The zero-order valence-electron chi connectivity index (χ0n) is 23.4. The highest BCUT2D eigenvalue weighted by Gasteiger charge is 2.30. The number of rotatable bonds is 10. The number of carbonyl (C=O) groups excluding carboxylic acids is 1. The lowest BCUT2D eigenvalue weighted by Gasteiger charge is -2.12. The number of nitrogens with zero attached hydrogens (tertiary/aromatic N) is 3. The molecule has 0 spiro atoms. The third-order valence-corrected chi connectivity index (χ3v) is 8.87. The van der Waals surface area contributed by atoms with Gasteiger partial charge in [0.25, 0.3) is 0 Å². The van der Waals surface area contributed by atoms with Crippen molar-refractivity contribution in [2.45, 2.75) is 37.5 Å². The zero-order valence-corrected chi connectivity index (χ0v) is 25.0. The summed E-state index contributed by atoms with van der Waals surface area (Å²) in [4.78, 5) is 16.4. The van der Waals surface area contributed by atoms with Crippen LogP contribution in [-0.2, 0) is 28.7 Å². The summed E-state index contributed by atoms with van der Waals surface area (Å²) in [6.45, 7) is 1.90. The van der Waals surface area contributed by atoms with Crippen LogP contribution in [0.3, 0.4) is 0 Å². The van der Waals surface area contributed by atoms with Gasteiger partial charge in [0.1, 0.15) is 17.5 Å². The minimum Gasteiger partial charge on any atom is -0.768 e. The molecule has 7 nitrogen and oxygen atoms in total. The molecule has 2 heterocycles. The molecule has 5 aromatic rings. The van der Waals surface area contributed by atoms with Crippen LogP contribution >= 0.6 is 11.3 Å². The van der Waals surface area contributed by atoms with Gasteiger partial charge in [-0.2, -0.15) is 5.10 Å². The SMILES string of the molecule is CCOC(=O)c1csc(-n2nc(-c3ccc(F)c(-c4cccc(F)c4)c3)c(Cc3ccc(S(=O)[O-])c(F)c3)c2CC2CC2)n1. The second kappa shape index (κ2) is 12.5. The van der Waals surface area contributed by atoms with Crippen molar-refractivity contribution < 1.29 is 31.5 Å². The summed E-state index contributed by atoms with van der Waals surface area (Å²) in [6.07, 6.45) is 2.85. The fourth-order valence-electron chi connectivity index (χ4n) is 5.07. The summed E-state index contributed by atoms with van der Waals surface area (Å²) < 4.78 is 73.5. The molecule has 226 valence electrons. The van der Waals surface area contributed by atoms with Crippen LogP contribution in [0, 0.1) is 23.4 Å². The van der Waals surface area contributed by atoms with Gasteiger partial charge in [-0.3, -0.25) is 4.21 Å². The summed E-state index contributed by atoms with van der Waals surface area (Å²) in [5, 5.41) is 6.93. The summed E-state index contributed by atoms with van der Waals surface area (Å²) in [5.41, 5.74) is 3.70. The molecule has 1 fully saturated rings. The van der Waals surface area contributed by atoms with E-state index in [2.05, 4.69) is 4.98 Å². The predicted molar refractivity (Wildman–Crippen MR) is 159 cm³/mol. The first kappa shape index (κ1) is 29.9. The number of aromatic nitrogens is 3. The third kappa shape index (κ3) is 6.23. The van der Waals surface area contributed by atoms with E-state index >= 15 is 4.39 Å². The molecule has 1 aliphatic rings. The topological polar surface area (TPSA) is 97.1 Å². The van der Waals surface area contributed by atoms with Gasteiger partial charge in [-0.15, -0.1) is 11.3 Å². The lowest BCUT2D eigenvalue weighted by atomic mass is 9.95. The van der Waals surface area contributed by atoms with Gasteiger partial charge in [-0.25, -0.2) is 27.6 Å². The zero-order chi connectivity index (χ0) is 31.0. The number of halogens is 3. The highest BCUT2D eigenvalue weighted by atomic mass is 32.2.